The number of hydrogen-bond donors (Lipinski definition) is 1. The van der Waals surface area contributed by atoms with Gasteiger partial charge in [-0.1, -0.05) is 38.3 Å². The second-order valence-electron chi connectivity index (χ2n) is 8.61. The quantitative estimate of drug-likeness (QED) is 0.540. The molecule has 2 aromatic rings. The minimum atomic E-state index is -0.297. The number of carbonyl (C=O) groups excluding carboxylic acids is 2. The van der Waals surface area contributed by atoms with E-state index in [-0.39, 0.29) is 30.3 Å². The lowest BCUT2D eigenvalue weighted by atomic mass is 9.96. The molecule has 7 heteroatoms. The Labute approximate surface area is 194 Å². The highest BCUT2D eigenvalue weighted by atomic mass is 32.1. The summed E-state index contributed by atoms with van der Waals surface area (Å²) in [6.07, 6.45) is 6.31. The van der Waals surface area contributed by atoms with Gasteiger partial charge in [0.2, 0.25) is 5.91 Å². The molecule has 0 bridgehead atoms. The molecule has 1 fully saturated rings. The van der Waals surface area contributed by atoms with Crippen molar-refractivity contribution in [3.63, 3.8) is 0 Å². The van der Waals surface area contributed by atoms with Gasteiger partial charge in [0.25, 0.3) is 0 Å². The van der Waals surface area contributed by atoms with Gasteiger partial charge in [-0.3, -0.25) is 4.79 Å². The minimum absolute atomic E-state index is 0.0397. The second kappa shape index (κ2) is 12.0. The average Bonchev–Trinajstić information content (AvgIpc) is 3.19. The standard InChI is InChI=1S/C25H34FN3O2S/c1-3-14-28(25(31)27-22-7-5-4-6-8-22)18-24(30)29(17-23-19(2)13-15-32-23)16-20-9-11-21(26)12-10-20/h9-13,15,22H,3-8,14,16-18H2,1-2H3,(H,27,31). The van der Waals surface area contributed by atoms with Gasteiger partial charge in [-0.2, -0.15) is 0 Å². The van der Waals surface area contributed by atoms with Crippen molar-refractivity contribution in [2.75, 3.05) is 13.1 Å². The smallest absolute Gasteiger partial charge is 0.318 e. The molecule has 1 aliphatic rings. The van der Waals surface area contributed by atoms with Crippen molar-refractivity contribution in [3.05, 3.63) is 57.5 Å². The SMILES string of the molecule is CCCN(CC(=O)N(Cc1ccc(F)cc1)Cc1sccc1C)C(=O)NC1CCCCC1. The first-order valence-corrected chi connectivity index (χ1v) is 12.4. The highest BCUT2D eigenvalue weighted by molar-refractivity contribution is 7.10. The minimum Gasteiger partial charge on any atom is -0.335 e. The molecule has 3 amide bonds. The van der Waals surface area contributed by atoms with Gasteiger partial charge in [0.15, 0.2) is 0 Å². The van der Waals surface area contributed by atoms with Crippen LogP contribution in [0.5, 0.6) is 0 Å². The zero-order valence-electron chi connectivity index (χ0n) is 19.1. The fourth-order valence-corrected chi connectivity index (χ4v) is 5.00. The highest BCUT2D eigenvalue weighted by Crippen LogP contribution is 2.20. The molecule has 3 rings (SSSR count). The van der Waals surface area contributed by atoms with E-state index in [4.69, 9.17) is 0 Å². The normalized spacial score (nSPS) is 14.2. The van der Waals surface area contributed by atoms with Gasteiger partial charge in [-0.25, -0.2) is 9.18 Å². The zero-order chi connectivity index (χ0) is 22.9. The molecule has 174 valence electrons. The van der Waals surface area contributed by atoms with Gasteiger partial charge in [0.1, 0.15) is 12.4 Å². The Kier molecular flexibility index (Phi) is 9.09. The largest absolute Gasteiger partial charge is 0.335 e. The lowest BCUT2D eigenvalue weighted by molar-refractivity contribution is -0.133. The third-order valence-corrected chi connectivity index (χ3v) is 6.99. The summed E-state index contributed by atoms with van der Waals surface area (Å²) in [5, 5.41) is 5.16. The Morgan fingerprint density at radius 1 is 1.06 bits per heavy atom. The molecular weight excluding hydrogens is 425 g/mol. The van der Waals surface area contributed by atoms with E-state index in [9.17, 15) is 14.0 Å². The maximum Gasteiger partial charge on any atom is 0.318 e. The maximum absolute atomic E-state index is 13.4. The van der Waals surface area contributed by atoms with Crippen molar-refractivity contribution in [1.82, 2.24) is 15.1 Å². The van der Waals surface area contributed by atoms with E-state index >= 15 is 0 Å². The van der Waals surface area contributed by atoms with E-state index in [0.717, 1.165) is 48.1 Å². The van der Waals surface area contributed by atoms with Crippen LogP contribution < -0.4 is 5.32 Å². The molecule has 32 heavy (non-hydrogen) atoms. The van der Waals surface area contributed by atoms with Crippen LogP contribution in [0.15, 0.2) is 35.7 Å². The number of thiophene rings is 1. The Morgan fingerprint density at radius 2 is 1.78 bits per heavy atom. The molecule has 1 aromatic carbocycles. The van der Waals surface area contributed by atoms with Crippen LogP contribution in [0.1, 0.15) is 61.5 Å². The Morgan fingerprint density at radius 3 is 2.41 bits per heavy atom. The van der Waals surface area contributed by atoms with Gasteiger partial charge in [-0.05, 0) is 60.9 Å². The monoisotopic (exact) mass is 459 g/mol. The maximum atomic E-state index is 13.4. The highest BCUT2D eigenvalue weighted by Gasteiger charge is 2.24. The molecule has 1 saturated carbocycles. The lowest BCUT2D eigenvalue weighted by Gasteiger charge is -2.30. The van der Waals surface area contributed by atoms with E-state index in [1.54, 1.807) is 33.3 Å². The molecule has 0 atom stereocenters. The number of halogens is 1. The number of nitrogens with zero attached hydrogens (tertiary/aromatic N) is 2. The van der Waals surface area contributed by atoms with E-state index in [1.165, 1.54) is 18.6 Å². The van der Waals surface area contributed by atoms with Crippen LogP contribution in [0, 0.1) is 12.7 Å². The third kappa shape index (κ3) is 7.05. The van der Waals surface area contributed by atoms with E-state index < -0.39 is 0 Å². The lowest BCUT2D eigenvalue weighted by Crippen LogP contribution is -2.49. The van der Waals surface area contributed by atoms with Crippen LogP contribution in [0.2, 0.25) is 0 Å². The molecule has 5 nitrogen and oxygen atoms in total. The van der Waals surface area contributed by atoms with E-state index in [1.807, 2.05) is 25.3 Å². The first-order chi connectivity index (χ1) is 15.5. The molecule has 1 heterocycles. The molecule has 0 saturated heterocycles. The van der Waals surface area contributed by atoms with Crippen LogP contribution in [-0.4, -0.2) is 40.9 Å². The number of benzene rings is 1. The van der Waals surface area contributed by atoms with Crippen LogP contribution in [0.4, 0.5) is 9.18 Å². The number of rotatable bonds is 9. The van der Waals surface area contributed by atoms with Crippen molar-refractivity contribution in [2.45, 2.75) is 71.5 Å². The zero-order valence-corrected chi connectivity index (χ0v) is 19.9. The van der Waals surface area contributed by atoms with Crippen LogP contribution in [0.3, 0.4) is 0 Å². The summed E-state index contributed by atoms with van der Waals surface area (Å²) < 4.78 is 13.3. The Hall–Kier alpha value is -2.41. The van der Waals surface area contributed by atoms with Crippen molar-refractivity contribution in [3.8, 4) is 0 Å². The number of urea groups is 1. The number of carbonyl (C=O) groups is 2. The van der Waals surface area contributed by atoms with Crippen LogP contribution >= 0.6 is 11.3 Å². The molecule has 1 aromatic heterocycles. The summed E-state index contributed by atoms with van der Waals surface area (Å²) in [5.74, 6) is -0.399. The van der Waals surface area contributed by atoms with Gasteiger partial charge in [0.05, 0.1) is 6.54 Å². The van der Waals surface area contributed by atoms with Gasteiger partial charge in [0, 0.05) is 24.0 Å². The molecule has 0 spiro atoms. The number of nitrogens with one attached hydrogen (secondary N) is 1. The summed E-state index contributed by atoms with van der Waals surface area (Å²) in [5.41, 5.74) is 2.01. The number of amides is 3. The molecule has 1 N–H and O–H groups in total. The number of aryl methyl sites for hydroxylation is 1. The first-order valence-electron chi connectivity index (χ1n) is 11.6. The molecular formula is C25H34FN3O2S. The Balaban J connectivity index is 1.70. The van der Waals surface area contributed by atoms with Crippen molar-refractivity contribution < 1.29 is 14.0 Å². The molecule has 0 aliphatic heterocycles. The third-order valence-electron chi connectivity index (χ3n) is 5.98. The van der Waals surface area contributed by atoms with Gasteiger partial charge in [-0.15, -0.1) is 11.3 Å². The second-order valence-corrected chi connectivity index (χ2v) is 9.61. The summed E-state index contributed by atoms with van der Waals surface area (Å²) in [6, 6.07) is 8.33. The summed E-state index contributed by atoms with van der Waals surface area (Å²) >= 11 is 1.62. The molecule has 0 radical (unpaired) electrons. The van der Waals surface area contributed by atoms with E-state index in [0.29, 0.717) is 19.6 Å². The summed E-state index contributed by atoms with van der Waals surface area (Å²) in [6.45, 7) is 5.47. The topological polar surface area (TPSA) is 52.7 Å². The fraction of sp³-hybridized carbons (Fsp3) is 0.520. The molecule has 1 aliphatic carbocycles. The first kappa shape index (κ1) is 24.2. The fourth-order valence-electron chi connectivity index (χ4n) is 4.08. The van der Waals surface area contributed by atoms with Crippen molar-refractivity contribution in [2.24, 2.45) is 0 Å². The predicted molar refractivity (Wildman–Crippen MR) is 127 cm³/mol. The summed E-state index contributed by atoms with van der Waals surface area (Å²) in [4.78, 5) is 30.8. The van der Waals surface area contributed by atoms with Gasteiger partial charge >= 0.3 is 6.03 Å². The van der Waals surface area contributed by atoms with Crippen LogP contribution in [0.25, 0.3) is 0 Å². The number of hydrogen-bond acceptors (Lipinski definition) is 3. The van der Waals surface area contributed by atoms with Crippen molar-refractivity contribution >= 4 is 23.3 Å². The predicted octanol–water partition coefficient (Wildman–Crippen LogP) is 5.48. The van der Waals surface area contributed by atoms with Crippen molar-refractivity contribution in [1.29, 1.82) is 0 Å². The van der Waals surface area contributed by atoms with E-state index in [2.05, 4.69) is 5.32 Å². The Bertz CT molecular complexity index is 878. The average molecular weight is 460 g/mol. The summed E-state index contributed by atoms with van der Waals surface area (Å²) in [7, 11) is 0. The van der Waals surface area contributed by atoms with Gasteiger partial charge < -0.3 is 15.1 Å². The molecule has 0 unspecified atom stereocenters. The van der Waals surface area contributed by atoms with Crippen LogP contribution in [-0.2, 0) is 17.9 Å².